The summed E-state index contributed by atoms with van der Waals surface area (Å²) in [5.74, 6) is -0.383. The Morgan fingerprint density at radius 1 is 1.31 bits per heavy atom. The van der Waals surface area contributed by atoms with Crippen molar-refractivity contribution in [1.29, 1.82) is 0 Å². The van der Waals surface area contributed by atoms with Crippen LogP contribution in [0.4, 0.5) is 0 Å². The molecule has 0 aromatic carbocycles. The summed E-state index contributed by atoms with van der Waals surface area (Å²) in [6.07, 6.45) is 2.45. The van der Waals surface area contributed by atoms with E-state index in [-0.39, 0.29) is 18.5 Å². The van der Waals surface area contributed by atoms with Crippen molar-refractivity contribution in [2.24, 2.45) is 0 Å². The average Bonchev–Trinajstić information content (AvgIpc) is 2.66. The molecule has 1 amide bonds. The molecule has 4 nitrogen and oxygen atoms in total. The summed E-state index contributed by atoms with van der Waals surface area (Å²) >= 11 is 0. The Morgan fingerprint density at radius 2 is 1.92 bits per heavy atom. The van der Waals surface area contributed by atoms with Crippen LogP contribution in [0.2, 0.25) is 0 Å². The number of ether oxygens (including phenoxy) is 1. The molecule has 74 valence electrons. The Bertz CT molecular complexity index is 197. The maximum absolute atomic E-state index is 11.3. The summed E-state index contributed by atoms with van der Waals surface area (Å²) in [4.78, 5) is 23.8. The molecule has 0 aliphatic carbocycles. The maximum atomic E-state index is 11.3. The van der Waals surface area contributed by atoms with Crippen LogP contribution in [0.5, 0.6) is 0 Å². The molecule has 1 aliphatic heterocycles. The van der Waals surface area contributed by atoms with E-state index in [1.165, 1.54) is 0 Å². The van der Waals surface area contributed by atoms with Crippen LogP contribution in [0, 0.1) is 0 Å². The predicted octanol–water partition coefficient (Wildman–Crippen LogP) is 0.562. The summed E-state index contributed by atoms with van der Waals surface area (Å²) in [7, 11) is 0. The van der Waals surface area contributed by atoms with Crippen LogP contribution >= 0.6 is 0 Å². The topological polar surface area (TPSA) is 46.6 Å². The smallest absolute Gasteiger partial charge is 0.306 e. The lowest BCUT2D eigenvalue weighted by atomic mass is 10.4. The highest BCUT2D eigenvalue weighted by Crippen LogP contribution is 2.07. The predicted molar refractivity (Wildman–Crippen MR) is 47.1 cm³/mol. The van der Waals surface area contributed by atoms with Crippen molar-refractivity contribution in [3.63, 3.8) is 0 Å². The van der Waals surface area contributed by atoms with E-state index in [9.17, 15) is 9.59 Å². The molecular formula is C9H15NO3. The SMILES string of the molecule is CCC(=O)OCC(=O)N1CCCC1. The Balaban J connectivity index is 2.20. The second kappa shape index (κ2) is 4.84. The number of likely N-dealkylation sites (tertiary alicyclic amines) is 1. The van der Waals surface area contributed by atoms with Gasteiger partial charge in [0.2, 0.25) is 0 Å². The van der Waals surface area contributed by atoms with Crippen LogP contribution < -0.4 is 0 Å². The second-order valence-electron chi connectivity index (χ2n) is 3.10. The van der Waals surface area contributed by atoms with Gasteiger partial charge in [0.15, 0.2) is 6.61 Å². The fourth-order valence-electron chi connectivity index (χ4n) is 1.30. The first-order valence-electron chi connectivity index (χ1n) is 4.67. The molecule has 0 saturated carbocycles. The van der Waals surface area contributed by atoms with Gasteiger partial charge in [0.05, 0.1) is 0 Å². The normalized spacial score (nSPS) is 15.9. The van der Waals surface area contributed by atoms with Gasteiger partial charge in [-0.25, -0.2) is 0 Å². The third-order valence-electron chi connectivity index (χ3n) is 2.10. The molecule has 1 rings (SSSR count). The minimum atomic E-state index is -0.312. The van der Waals surface area contributed by atoms with E-state index in [1.807, 2.05) is 0 Å². The highest BCUT2D eigenvalue weighted by Gasteiger charge is 2.18. The second-order valence-corrected chi connectivity index (χ2v) is 3.10. The van der Waals surface area contributed by atoms with Crippen molar-refractivity contribution >= 4 is 11.9 Å². The van der Waals surface area contributed by atoms with Gasteiger partial charge >= 0.3 is 5.97 Å². The summed E-state index contributed by atoms with van der Waals surface area (Å²) in [5, 5.41) is 0. The average molecular weight is 185 g/mol. The lowest BCUT2D eigenvalue weighted by molar-refractivity contribution is -0.151. The van der Waals surface area contributed by atoms with Gasteiger partial charge in [0.25, 0.3) is 5.91 Å². The van der Waals surface area contributed by atoms with E-state index in [2.05, 4.69) is 0 Å². The molecule has 1 aliphatic rings. The zero-order valence-corrected chi connectivity index (χ0v) is 7.91. The van der Waals surface area contributed by atoms with Crippen LogP contribution in [0.15, 0.2) is 0 Å². The Kier molecular flexibility index (Phi) is 3.73. The van der Waals surface area contributed by atoms with Crippen LogP contribution in [0.3, 0.4) is 0 Å². The number of carbonyl (C=O) groups is 2. The van der Waals surface area contributed by atoms with Crippen molar-refractivity contribution in [3.8, 4) is 0 Å². The minimum absolute atomic E-state index is 0.0701. The van der Waals surface area contributed by atoms with Gasteiger partial charge in [0.1, 0.15) is 0 Å². The molecule has 0 radical (unpaired) electrons. The molecule has 1 heterocycles. The van der Waals surface area contributed by atoms with Gasteiger partial charge in [-0.15, -0.1) is 0 Å². The zero-order valence-electron chi connectivity index (χ0n) is 7.91. The molecule has 1 fully saturated rings. The lowest BCUT2D eigenvalue weighted by Gasteiger charge is -2.14. The monoisotopic (exact) mass is 185 g/mol. The molecular weight excluding hydrogens is 170 g/mol. The Labute approximate surface area is 77.8 Å². The van der Waals surface area contributed by atoms with Crippen LogP contribution in [-0.2, 0) is 14.3 Å². The van der Waals surface area contributed by atoms with Gasteiger partial charge in [-0.1, -0.05) is 6.92 Å². The molecule has 0 N–H and O–H groups in total. The molecule has 0 spiro atoms. The van der Waals surface area contributed by atoms with E-state index in [4.69, 9.17) is 4.74 Å². The fourth-order valence-corrected chi connectivity index (χ4v) is 1.30. The van der Waals surface area contributed by atoms with Crippen molar-refractivity contribution in [2.75, 3.05) is 19.7 Å². The highest BCUT2D eigenvalue weighted by atomic mass is 16.5. The quantitative estimate of drug-likeness (QED) is 0.604. The first kappa shape index (κ1) is 10.0. The zero-order chi connectivity index (χ0) is 9.68. The maximum Gasteiger partial charge on any atom is 0.306 e. The number of esters is 1. The molecule has 0 bridgehead atoms. The third-order valence-corrected chi connectivity index (χ3v) is 2.10. The van der Waals surface area contributed by atoms with E-state index in [1.54, 1.807) is 11.8 Å². The van der Waals surface area contributed by atoms with Crippen LogP contribution in [-0.4, -0.2) is 36.5 Å². The van der Waals surface area contributed by atoms with Gasteiger partial charge in [-0.05, 0) is 12.8 Å². The molecule has 1 saturated heterocycles. The number of nitrogens with zero attached hydrogens (tertiary/aromatic N) is 1. The number of amides is 1. The standard InChI is InChI=1S/C9H15NO3/c1-2-9(12)13-7-8(11)10-5-3-4-6-10/h2-7H2,1H3. The van der Waals surface area contributed by atoms with E-state index >= 15 is 0 Å². The van der Waals surface area contributed by atoms with Gasteiger partial charge in [-0.3, -0.25) is 9.59 Å². The summed E-state index contributed by atoms with van der Waals surface area (Å²) in [5.41, 5.74) is 0. The molecule has 0 aromatic rings. The van der Waals surface area contributed by atoms with E-state index in [0.29, 0.717) is 6.42 Å². The van der Waals surface area contributed by atoms with Crippen molar-refractivity contribution < 1.29 is 14.3 Å². The fraction of sp³-hybridized carbons (Fsp3) is 0.778. The number of hydrogen-bond acceptors (Lipinski definition) is 3. The highest BCUT2D eigenvalue weighted by molar-refractivity contribution is 5.80. The van der Waals surface area contributed by atoms with Gasteiger partial charge < -0.3 is 9.64 Å². The van der Waals surface area contributed by atoms with E-state index in [0.717, 1.165) is 25.9 Å². The largest absolute Gasteiger partial charge is 0.456 e. The van der Waals surface area contributed by atoms with Crippen molar-refractivity contribution in [1.82, 2.24) is 4.90 Å². The first-order valence-corrected chi connectivity index (χ1v) is 4.67. The molecule has 0 unspecified atom stereocenters. The minimum Gasteiger partial charge on any atom is -0.456 e. The summed E-state index contributed by atoms with van der Waals surface area (Å²) in [6, 6.07) is 0. The van der Waals surface area contributed by atoms with Crippen molar-refractivity contribution in [2.45, 2.75) is 26.2 Å². The Morgan fingerprint density at radius 3 is 2.46 bits per heavy atom. The third kappa shape index (κ3) is 3.05. The molecule has 4 heteroatoms. The Hall–Kier alpha value is -1.06. The van der Waals surface area contributed by atoms with Crippen LogP contribution in [0.25, 0.3) is 0 Å². The first-order chi connectivity index (χ1) is 6.24. The molecule has 13 heavy (non-hydrogen) atoms. The summed E-state index contributed by atoms with van der Waals surface area (Å²) < 4.78 is 4.74. The van der Waals surface area contributed by atoms with E-state index < -0.39 is 0 Å². The van der Waals surface area contributed by atoms with Gasteiger partial charge in [0, 0.05) is 19.5 Å². The van der Waals surface area contributed by atoms with Crippen LogP contribution in [0.1, 0.15) is 26.2 Å². The van der Waals surface area contributed by atoms with Crippen molar-refractivity contribution in [3.05, 3.63) is 0 Å². The molecule has 0 aromatic heterocycles. The number of carbonyl (C=O) groups excluding carboxylic acids is 2. The van der Waals surface area contributed by atoms with Gasteiger partial charge in [-0.2, -0.15) is 0 Å². The summed E-state index contributed by atoms with van der Waals surface area (Å²) in [6.45, 7) is 3.24. The number of rotatable bonds is 3. The lowest BCUT2D eigenvalue weighted by Crippen LogP contribution is -2.31. The number of hydrogen-bond donors (Lipinski definition) is 0. The molecule has 0 atom stereocenters.